The van der Waals surface area contributed by atoms with Crippen LogP contribution in [0.4, 0.5) is 0 Å². The molecule has 0 aliphatic carbocycles. The van der Waals surface area contributed by atoms with Crippen LogP contribution in [0.1, 0.15) is 111 Å². The zero-order valence-electron chi connectivity index (χ0n) is 28.2. The number of nitrogens with one attached hydrogen (secondary N) is 1. The van der Waals surface area contributed by atoms with Crippen LogP contribution in [-0.2, 0) is 4.74 Å². The van der Waals surface area contributed by atoms with Gasteiger partial charge in [-0.2, -0.15) is 0 Å². The van der Waals surface area contributed by atoms with Crippen molar-refractivity contribution >= 4 is 11.8 Å². The van der Waals surface area contributed by atoms with E-state index in [1.54, 1.807) is 6.26 Å². The molecule has 4 aliphatic rings. The first-order chi connectivity index (χ1) is 16.4. The summed E-state index contributed by atoms with van der Waals surface area (Å²) in [6.45, 7) is 38.0. The summed E-state index contributed by atoms with van der Waals surface area (Å²) < 4.78 is 4.54. The van der Waals surface area contributed by atoms with E-state index in [1.165, 1.54) is 5.75 Å². The molecule has 222 valence electrons. The molecule has 0 fully saturated rings. The van der Waals surface area contributed by atoms with Gasteiger partial charge in [0.25, 0.3) is 0 Å². The summed E-state index contributed by atoms with van der Waals surface area (Å²) in [6.07, 6.45) is 14.0. The average Bonchev–Trinajstić information content (AvgIpc) is 2.31. The molecule has 0 aromatic heterocycles. The molecule has 4 heterocycles. The van der Waals surface area contributed by atoms with Gasteiger partial charge < -0.3 is 15.0 Å². The van der Waals surface area contributed by atoms with E-state index >= 15 is 0 Å². The first-order valence-corrected chi connectivity index (χ1v) is 14.7. The smallest absolute Gasteiger partial charge is 0.109 e. The molecule has 1 N–H and O–H groups in total. The fraction of sp³-hybridized carbons (Fsp3) is 0.758. The van der Waals surface area contributed by atoms with Crippen molar-refractivity contribution in [1.29, 1.82) is 0 Å². The molecule has 0 saturated carbocycles. The van der Waals surface area contributed by atoms with Crippen molar-refractivity contribution in [1.82, 2.24) is 10.2 Å². The van der Waals surface area contributed by atoms with E-state index in [-0.39, 0.29) is 0 Å². The molecular weight excluding hydrogens is 472 g/mol. The Bertz CT molecular complexity index is 468. The van der Waals surface area contributed by atoms with Crippen LogP contribution in [-0.4, -0.2) is 37.4 Å². The Balaban J connectivity index is -0.000000168. The van der Waals surface area contributed by atoms with Gasteiger partial charge in [0.15, 0.2) is 0 Å². The highest BCUT2D eigenvalue weighted by molar-refractivity contribution is 8.03. The minimum Gasteiger partial charge on any atom is -0.497 e. The van der Waals surface area contributed by atoms with Crippen LogP contribution in [0.5, 0.6) is 0 Å². The molecule has 0 aromatic carbocycles. The lowest BCUT2D eigenvalue weighted by atomic mass is 10.0. The van der Waals surface area contributed by atoms with E-state index < -0.39 is 0 Å². The quantitative estimate of drug-likeness (QED) is 0.330. The molecule has 4 heteroatoms. The zero-order chi connectivity index (χ0) is 30.2. The fourth-order valence-corrected chi connectivity index (χ4v) is 0.819. The van der Waals surface area contributed by atoms with Crippen LogP contribution >= 0.6 is 11.8 Å². The molecule has 37 heavy (non-hydrogen) atoms. The lowest BCUT2D eigenvalue weighted by molar-refractivity contribution is 0.243. The Morgan fingerprint density at radius 1 is 0.649 bits per heavy atom. The van der Waals surface area contributed by atoms with Crippen molar-refractivity contribution in [2.24, 2.45) is 21.7 Å². The van der Waals surface area contributed by atoms with Crippen molar-refractivity contribution in [2.75, 3.05) is 32.5 Å². The summed E-state index contributed by atoms with van der Waals surface area (Å²) in [6, 6.07) is 0. The Hall–Kier alpha value is -1.29. The minimum atomic E-state index is 0.500. The third kappa shape index (κ3) is 133. The van der Waals surface area contributed by atoms with Crippen LogP contribution < -0.4 is 5.32 Å². The Morgan fingerprint density at radius 2 is 0.784 bits per heavy atom. The Kier molecular flexibility index (Phi) is 27.5. The topological polar surface area (TPSA) is 24.5 Å². The lowest BCUT2D eigenvalue weighted by Gasteiger charge is -2.17. The van der Waals surface area contributed by atoms with Gasteiger partial charge in [0.05, 0.1) is 6.26 Å². The van der Waals surface area contributed by atoms with E-state index in [9.17, 15) is 0 Å². The molecule has 0 aromatic rings. The summed E-state index contributed by atoms with van der Waals surface area (Å²) in [7, 11) is 2.06. The predicted molar refractivity (Wildman–Crippen MR) is 176 cm³/mol. The maximum atomic E-state index is 4.54. The third-order valence-electron chi connectivity index (χ3n) is 1.99. The normalized spacial score (nSPS) is 15.1. The van der Waals surface area contributed by atoms with E-state index in [1.807, 2.05) is 24.0 Å². The highest BCUT2D eigenvalue weighted by Gasteiger charge is 1.97. The van der Waals surface area contributed by atoms with E-state index in [0.29, 0.717) is 21.7 Å². The molecule has 0 saturated heterocycles. The van der Waals surface area contributed by atoms with Crippen molar-refractivity contribution < 1.29 is 4.74 Å². The summed E-state index contributed by atoms with van der Waals surface area (Å²) in [5.41, 5.74) is 2.00. The molecule has 4 rings (SSSR count). The summed E-state index contributed by atoms with van der Waals surface area (Å²) in [4.78, 5) is 2.12. The predicted octanol–water partition coefficient (Wildman–Crippen LogP) is 10.5. The maximum absolute atomic E-state index is 4.54. The van der Waals surface area contributed by atoms with Gasteiger partial charge >= 0.3 is 0 Å². The maximum Gasteiger partial charge on any atom is 0.109 e. The second kappa shape index (κ2) is 23.8. The number of hydrogen-bond acceptors (Lipinski definition) is 4. The Labute approximate surface area is 239 Å². The third-order valence-corrected chi connectivity index (χ3v) is 2.76. The van der Waals surface area contributed by atoms with Gasteiger partial charge in [0.1, 0.15) is 6.61 Å². The number of thioether (sulfide) groups is 1. The summed E-state index contributed by atoms with van der Waals surface area (Å²) >= 11 is 1.86. The van der Waals surface area contributed by atoms with Crippen LogP contribution in [0.25, 0.3) is 0 Å². The molecule has 0 amide bonds. The van der Waals surface area contributed by atoms with Crippen LogP contribution in [0.3, 0.4) is 0 Å². The van der Waals surface area contributed by atoms with Crippen molar-refractivity contribution in [2.45, 2.75) is 111 Å². The van der Waals surface area contributed by atoms with Gasteiger partial charge in [0, 0.05) is 25.9 Å². The zero-order valence-corrected chi connectivity index (χ0v) is 29.0. The first kappa shape index (κ1) is 42.8. The summed E-state index contributed by atoms with van der Waals surface area (Å²) in [5.74, 6) is 1.24. The molecule has 0 spiro atoms. The van der Waals surface area contributed by atoms with Crippen molar-refractivity contribution in [3.63, 3.8) is 0 Å². The van der Waals surface area contributed by atoms with Gasteiger partial charge in [-0.15, -0.1) is 11.8 Å². The number of nitrogens with zero attached hydrogens (tertiary/aromatic N) is 1. The van der Waals surface area contributed by atoms with Crippen LogP contribution in [0.15, 0.2) is 48.4 Å². The first-order valence-electron chi connectivity index (χ1n) is 13.7. The lowest BCUT2D eigenvalue weighted by Crippen LogP contribution is -2.17. The van der Waals surface area contributed by atoms with Gasteiger partial charge in [-0.25, -0.2) is 0 Å². The number of hydrogen-bond donors (Lipinski definition) is 1. The van der Waals surface area contributed by atoms with E-state index in [4.69, 9.17) is 0 Å². The number of rotatable bonds is 0. The molecular formula is C33H68N2OS. The number of likely N-dealkylation sites (N-methyl/N-ethyl adjacent to an activating group) is 1. The van der Waals surface area contributed by atoms with Gasteiger partial charge in [0.2, 0.25) is 0 Å². The molecule has 0 unspecified atom stereocenters. The van der Waals surface area contributed by atoms with Crippen molar-refractivity contribution in [3.05, 3.63) is 48.4 Å². The van der Waals surface area contributed by atoms with Gasteiger partial charge in [-0.1, -0.05) is 117 Å². The molecule has 3 nitrogen and oxygen atoms in total. The summed E-state index contributed by atoms with van der Waals surface area (Å²) in [5, 5.41) is 5.03. The van der Waals surface area contributed by atoms with Crippen LogP contribution in [0, 0.1) is 21.7 Å². The average molecular weight is 541 g/mol. The van der Waals surface area contributed by atoms with Crippen LogP contribution in [0.2, 0.25) is 0 Å². The largest absolute Gasteiger partial charge is 0.497 e. The van der Waals surface area contributed by atoms with Crippen molar-refractivity contribution in [3.8, 4) is 0 Å². The molecule has 4 aliphatic heterocycles. The molecule has 0 radical (unpaired) electrons. The molecule has 0 atom stereocenters. The standard InChI is InChI=1S/4C5H12.C4H7N.C3H5N.C3H4O.C3H4S/c4*1-5(2,3)4;1-5-3-2-4-5;3*1-2-4-3-1/h4*1-4H3;2-3H,4H2,1H3;1-2,4H,3H2;2*1-2H,3H2. The highest BCUT2D eigenvalue weighted by Crippen LogP contribution is 2.11. The molecule has 0 bridgehead atoms. The van der Waals surface area contributed by atoms with Gasteiger partial charge in [-0.3, -0.25) is 0 Å². The van der Waals surface area contributed by atoms with Gasteiger partial charge in [-0.05, 0) is 57.7 Å². The van der Waals surface area contributed by atoms with E-state index in [0.717, 1.165) is 19.7 Å². The number of ether oxygens (including phenoxy) is 1. The SMILES string of the molecule is C1=CNC1.C1=COC1.C1=CSC1.CC(C)(C)C.CC(C)(C)C.CC(C)(C)C.CC(C)(C)C.CN1C=CC1. The second-order valence-corrected chi connectivity index (χ2v) is 16.5. The minimum absolute atomic E-state index is 0.500. The highest BCUT2D eigenvalue weighted by atomic mass is 32.2. The monoisotopic (exact) mass is 541 g/mol. The second-order valence-electron chi connectivity index (χ2n) is 15.5. The van der Waals surface area contributed by atoms with E-state index in [2.05, 4.69) is 163 Å². The Morgan fingerprint density at radius 3 is 0.784 bits per heavy atom. The fourth-order valence-electron chi connectivity index (χ4n) is 0.627.